The number of ether oxygens (including phenoxy) is 2. The molecule has 4 nitrogen and oxygen atoms in total. The second kappa shape index (κ2) is 8.16. The van der Waals surface area contributed by atoms with E-state index in [2.05, 4.69) is 0 Å². The van der Waals surface area contributed by atoms with Crippen LogP contribution < -0.4 is 0 Å². The first-order chi connectivity index (χ1) is 6.20. The zero-order chi connectivity index (χ0) is 10.1. The highest BCUT2D eigenvalue weighted by atomic mass is 16.7. The molecule has 0 aromatic rings. The maximum Gasteiger partial charge on any atom is 0.157 e. The molecule has 1 unspecified atom stereocenters. The van der Waals surface area contributed by atoms with E-state index in [1.807, 2.05) is 0 Å². The summed E-state index contributed by atoms with van der Waals surface area (Å²) in [6, 6.07) is 0. The van der Waals surface area contributed by atoms with Crippen molar-refractivity contribution < 1.29 is 19.4 Å². The second-order valence-corrected chi connectivity index (χ2v) is 2.89. The third-order valence-electron chi connectivity index (χ3n) is 1.62. The van der Waals surface area contributed by atoms with E-state index in [4.69, 9.17) is 14.6 Å². The molecule has 1 saturated heterocycles. The molecule has 1 atom stereocenters. The highest BCUT2D eigenvalue weighted by Gasteiger charge is 2.10. The molecule has 0 aromatic heterocycles. The monoisotopic (exact) mass is 190 g/mol. The maximum atomic E-state index is 9.56. The lowest BCUT2D eigenvalue weighted by Crippen LogP contribution is -2.20. The fourth-order valence-corrected chi connectivity index (χ4v) is 0.897. The van der Waals surface area contributed by atoms with Gasteiger partial charge in [-0.25, -0.2) is 0 Å². The molecular formula is C9H18O4. The van der Waals surface area contributed by atoms with Crippen LogP contribution in [0.15, 0.2) is 0 Å². The first-order valence-corrected chi connectivity index (χ1v) is 4.45. The lowest BCUT2D eigenvalue weighted by atomic mass is 10.2. The van der Waals surface area contributed by atoms with Crippen molar-refractivity contribution in [2.75, 3.05) is 20.3 Å². The van der Waals surface area contributed by atoms with Gasteiger partial charge in [0.15, 0.2) is 12.1 Å². The lowest BCUT2D eigenvalue weighted by molar-refractivity contribution is -0.145. The lowest BCUT2D eigenvalue weighted by Gasteiger charge is -2.20. The van der Waals surface area contributed by atoms with Crippen LogP contribution in [0, 0.1) is 0 Å². The summed E-state index contributed by atoms with van der Waals surface area (Å²) in [7, 11) is 1.69. The Hall–Kier alpha value is -0.450. The summed E-state index contributed by atoms with van der Waals surface area (Å²) in [6.07, 6.45) is 3.60. The van der Waals surface area contributed by atoms with E-state index in [1.165, 1.54) is 19.8 Å². The normalized spacial score (nSPS) is 21.6. The van der Waals surface area contributed by atoms with Crippen LogP contribution in [0.2, 0.25) is 0 Å². The maximum absolute atomic E-state index is 9.56. The number of carbonyl (C=O) groups excluding carboxylic acids is 1. The van der Waals surface area contributed by atoms with Gasteiger partial charge in [-0.15, -0.1) is 0 Å². The third kappa shape index (κ3) is 7.90. The largest absolute Gasteiger partial charge is 0.389 e. The van der Waals surface area contributed by atoms with Crippen LogP contribution in [0.25, 0.3) is 0 Å². The summed E-state index contributed by atoms with van der Waals surface area (Å²) < 4.78 is 10.2. The van der Waals surface area contributed by atoms with Crippen molar-refractivity contribution in [3.8, 4) is 0 Å². The van der Waals surface area contributed by atoms with E-state index in [0.717, 1.165) is 13.0 Å². The van der Waals surface area contributed by atoms with Crippen LogP contribution >= 0.6 is 0 Å². The summed E-state index contributed by atoms with van der Waals surface area (Å²) >= 11 is 0. The summed E-state index contributed by atoms with van der Waals surface area (Å²) in [5.41, 5.74) is 0. The predicted molar refractivity (Wildman–Crippen MR) is 48.4 cm³/mol. The van der Waals surface area contributed by atoms with Crippen molar-refractivity contribution in [1.29, 1.82) is 0 Å². The minimum Gasteiger partial charge on any atom is -0.389 e. The zero-order valence-electron chi connectivity index (χ0n) is 8.28. The average Bonchev–Trinajstić information content (AvgIpc) is 2.20. The van der Waals surface area contributed by atoms with Crippen molar-refractivity contribution in [1.82, 2.24) is 0 Å². The molecule has 13 heavy (non-hydrogen) atoms. The van der Waals surface area contributed by atoms with Crippen molar-refractivity contribution in [2.45, 2.75) is 32.5 Å². The quantitative estimate of drug-likeness (QED) is 0.697. The molecule has 0 radical (unpaired) electrons. The van der Waals surface area contributed by atoms with Crippen LogP contribution in [-0.4, -0.2) is 37.5 Å². The van der Waals surface area contributed by atoms with Gasteiger partial charge in [0, 0.05) is 13.7 Å². The third-order valence-corrected chi connectivity index (χ3v) is 1.62. The van der Waals surface area contributed by atoms with Crippen LogP contribution in [0.1, 0.15) is 26.2 Å². The number of aliphatic hydroxyl groups excluding tert-OH is 1. The molecule has 1 aliphatic heterocycles. The van der Waals surface area contributed by atoms with E-state index < -0.39 is 0 Å². The van der Waals surface area contributed by atoms with Crippen LogP contribution in [0.4, 0.5) is 0 Å². The topological polar surface area (TPSA) is 55.8 Å². The molecule has 0 aliphatic carbocycles. The van der Waals surface area contributed by atoms with Gasteiger partial charge in [-0.2, -0.15) is 0 Å². The van der Waals surface area contributed by atoms with Crippen molar-refractivity contribution in [2.24, 2.45) is 0 Å². The number of methoxy groups -OCH3 is 1. The van der Waals surface area contributed by atoms with Gasteiger partial charge >= 0.3 is 0 Å². The number of rotatable bonds is 2. The minimum absolute atomic E-state index is 0.0868. The van der Waals surface area contributed by atoms with Crippen molar-refractivity contribution in [3.63, 3.8) is 0 Å². The van der Waals surface area contributed by atoms with Crippen molar-refractivity contribution in [3.05, 3.63) is 0 Å². The van der Waals surface area contributed by atoms with Gasteiger partial charge in [0.1, 0.15) is 6.61 Å². The Morgan fingerprint density at radius 2 is 2.23 bits per heavy atom. The molecule has 0 spiro atoms. The summed E-state index contributed by atoms with van der Waals surface area (Å²) in [5, 5.41) is 7.79. The molecule has 1 N–H and O–H groups in total. The van der Waals surface area contributed by atoms with Gasteiger partial charge in [0.25, 0.3) is 0 Å². The molecule has 1 aliphatic rings. The number of hydrogen-bond donors (Lipinski definition) is 1. The van der Waals surface area contributed by atoms with Gasteiger partial charge in [0.05, 0.1) is 0 Å². The fourth-order valence-electron chi connectivity index (χ4n) is 0.897. The number of Topliss-reactive ketones (excluding diaryl/α,β-unsaturated/α-hetero) is 1. The average molecular weight is 190 g/mol. The van der Waals surface area contributed by atoms with Gasteiger partial charge < -0.3 is 14.6 Å². The Labute approximate surface area is 78.8 Å². The SMILES string of the molecule is CC(=O)CO.COC1CCCCO1. The van der Waals surface area contributed by atoms with E-state index in [-0.39, 0.29) is 18.7 Å². The van der Waals surface area contributed by atoms with Gasteiger partial charge in [-0.3, -0.25) is 4.79 Å². The molecule has 1 rings (SSSR count). The molecular weight excluding hydrogens is 172 g/mol. The van der Waals surface area contributed by atoms with E-state index >= 15 is 0 Å². The van der Waals surface area contributed by atoms with Gasteiger partial charge in [-0.05, 0) is 26.2 Å². The predicted octanol–water partition coefficient (Wildman–Crippen LogP) is 0.727. The standard InChI is InChI=1S/C6H12O2.C3H6O2/c1-7-6-4-2-3-5-8-6;1-3(5)2-4/h6H,2-5H2,1H3;4H,2H2,1H3. The fraction of sp³-hybridized carbons (Fsp3) is 0.889. The first kappa shape index (κ1) is 12.6. The Morgan fingerprint density at radius 3 is 2.46 bits per heavy atom. The number of hydrogen-bond acceptors (Lipinski definition) is 4. The Bertz CT molecular complexity index is 130. The highest BCUT2D eigenvalue weighted by molar-refractivity contribution is 5.76. The Morgan fingerprint density at radius 1 is 1.62 bits per heavy atom. The first-order valence-electron chi connectivity index (χ1n) is 4.45. The summed E-state index contributed by atoms with van der Waals surface area (Å²) in [5.74, 6) is -0.190. The van der Waals surface area contributed by atoms with Gasteiger partial charge in [-0.1, -0.05) is 0 Å². The van der Waals surface area contributed by atoms with Crippen LogP contribution in [0.3, 0.4) is 0 Å². The number of carbonyl (C=O) groups is 1. The van der Waals surface area contributed by atoms with Gasteiger partial charge in [0.2, 0.25) is 0 Å². The number of aliphatic hydroxyl groups is 1. The molecule has 1 heterocycles. The second-order valence-electron chi connectivity index (χ2n) is 2.89. The van der Waals surface area contributed by atoms with E-state index in [0.29, 0.717) is 0 Å². The Balaban J connectivity index is 0.000000252. The molecule has 0 bridgehead atoms. The summed E-state index contributed by atoms with van der Waals surface area (Å²) in [4.78, 5) is 9.56. The molecule has 78 valence electrons. The van der Waals surface area contributed by atoms with Crippen LogP contribution in [0.5, 0.6) is 0 Å². The molecule has 4 heteroatoms. The smallest absolute Gasteiger partial charge is 0.157 e. The van der Waals surface area contributed by atoms with E-state index in [1.54, 1.807) is 7.11 Å². The molecule has 0 aromatic carbocycles. The molecule has 1 fully saturated rings. The van der Waals surface area contributed by atoms with E-state index in [9.17, 15) is 4.79 Å². The minimum atomic E-state index is -0.333. The number of ketones is 1. The summed E-state index contributed by atoms with van der Waals surface area (Å²) in [6.45, 7) is 1.87. The highest BCUT2D eigenvalue weighted by Crippen LogP contribution is 2.11. The Kier molecular flexibility index (Phi) is 7.88. The molecule has 0 saturated carbocycles. The van der Waals surface area contributed by atoms with Crippen molar-refractivity contribution >= 4 is 5.78 Å². The molecule has 0 amide bonds. The van der Waals surface area contributed by atoms with Crippen LogP contribution in [-0.2, 0) is 14.3 Å². The zero-order valence-corrected chi connectivity index (χ0v) is 8.28.